The highest BCUT2D eigenvalue weighted by Gasteiger charge is 2.22. The number of carbonyl (C=O) groups excluding carboxylic acids is 1. The molecule has 0 aromatic heterocycles. The highest BCUT2D eigenvalue weighted by atomic mass is 79.9. The number of carbonyl (C=O) groups is 1. The van der Waals surface area contributed by atoms with Gasteiger partial charge >= 0.3 is 0 Å². The molecule has 0 aliphatic rings. The molecule has 0 spiro atoms. The zero-order valence-corrected chi connectivity index (χ0v) is 16.6. The minimum Gasteiger partial charge on any atom is -0.492 e. The van der Waals surface area contributed by atoms with E-state index in [-0.39, 0.29) is 17.1 Å². The number of amides is 1. The fourth-order valence-corrected chi connectivity index (χ4v) is 4.08. The summed E-state index contributed by atoms with van der Waals surface area (Å²) >= 11 is 9.12. The number of halogens is 2. The molecule has 2 aromatic carbocycles. The molecule has 0 saturated heterocycles. The third-order valence-electron chi connectivity index (χ3n) is 3.27. The summed E-state index contributed by atoms with van der Waals surface area (Å²) in [6, 6.07) is 11.7. The van der Waals surface area contributed by atoms with Crippen LogP contribution in [0.4, 0.5) is 0 Å². The first kappa shape index (κ1) is 19.8. The van der Waals surface area contributed by atoms with Crippen molar-refractivity contribution in [2.75, 3.05) is 6.61 Å². The summed E-state index contributed by atoms with van der Waals surface area (Å²) in [6.45, 7) is 2.06. The van der Waals surface area contributed by atoms with Crippen molar-refractivity contribution in [1.29, 1.82) is 0 Å². The first-order valence-corrected chi connectivity index (χ1v) is 10.2. The van der Waals surface area contributed by atoms with Crippen LogP contribution in [0, 0.1) is 0 Å². The Bertz CT molecular complexity index is 871. The first-order chi connectivity index (χ1) is 11.8. The Morgan fingerprint density at radius 3 is 2.68 bits per heavy atom. The average molecular weight is 447 g/mol. The molecule has 0 aliphatic heterocycles. The molecule has 8 heteroatoms. The van der Waals surface area contributed by atoms with Crippen LogP contribution in [0.15, 0.2) is 51.8 Å². The summed E-state index contributed by atoms with van der Waals surface area (Å²) in [5.74, 6) is -0.400. The Balaban J connectivity index is 2.10. The van der Waals surface area contributed by atoms with Crippen LogP contribution >= 0.6 is 27.5 Å². The van der Waals surface area contributed by atoms with Crippen LogP contribution in [0.2, 0.25) is 5.02 Å². The van der Waals surface area contributed by atoms with Gasteiger partial charge in [0.05, 0.1) is 6.61 Å². The Kier molecular flexibility index (Phi) is 6.87. The van der Waals surface area contributed by atoms with Crippen molar-refractivity contribution in [3.05, 3.63) is 57.5 Å². The topological polar surface area (TPSA) is 72.5 Å². The third-order valence-corrected chi connectivity index (χ3v) is 5.40. The van der Waals surface area contributed by atoms with Crippen molar-refractivity contribution in [3.63, 3.8) is 0 Å². The zero-order chi connectivity index (χ0) is 18.4. The van der Waals surface area contributed by atoms with Crippen molar-refractivity contribution >= 4 is 43.5 Å². The summed E-state index contributed by atoms with van der Waals surface area (Å²) in [7, 11) is -4.03. The number of sulfonamides is 1. The van der Waals surface area contributed by atoms with Gasteiger partial charge in [0.2, 0.25) is 5.91 Å². The largest absolute Gasteiger partial charge is 0.492 e. The molecule has 25 heavy (non-hydrogen) atoms. The molecule has 0 atom stereocenters. The predicted molar refractivity (Wildman–Crippen MR) is 100 cm³/mol. The second kappa shape index (κ2) is 8.69. The van der Waals surface area contributed by atoms with Gasteiger partial charge in [0, 0.05) is 15.9 Å². The van der Waals surface area contributed by atoms with Crippen molar-refractivity contribution in [3.8, 4) is 5.75 Å². The smallest absolute Gasteiger partial charge is 0.267 e. The molecule has 1 amide bonds. The normalized spacial score (nSPS) is 11.2. The van der Waals surface area contributed by atoms with E-state index in [1.54, 1.807) is 37.3 Å². The van der Waals surface area contributed by atoms with Crippen molar-refractivity contribution in [2.24, 2.45) is 0 Å². The van der Waals surface area contributed by atoms with Crippen LogP contribution in [-0.2, 0) is 21.2 Å². The third kappa shape index (κ3) is 5.73. The van der Waals surface area contributed by atoms with Crippen LogP contribution in [0.25, 0.3) is 0 Å². The van der Waals surface area contributed by atoms with E-state index in [9.17, 15) is 13.2 Å². The molecule has 0 aliphatic carbocycles. The Morgan fingerprint density at radius 1 is 1.24 bits per heavy atom. The predicted octanol–water partition coefficient (Wildman–Crippen LogP) is 3.94. The van der Waals surface area contributed by atoms with Gasteiger partial charge < -0.3 is 4.74 Å². The first-order valence-electron chi connectivity index (χ1n) is 7.54. The standard InChI is InChI=1S/C17H17BrClNO4S/c1-2-24-15-8-7-13(18)11-16(15)25(22,23)20-17(21)9-6-12-4-3-5-14(19)10-12/h3-5,7-8,10-11H,2,6,9H2,1H3,(H,20,21). The lowest BCUT2D eigenvalue weighted by atomic mass is 10.1. The molecule has 0 unspecified atom stereocenters. The van der Waals surface area contributed by atoms with Gasteiger partial charge in [-0.05, 0) is 49.2 Å². The van der Waals surface area contributed by atoms with Gasteiger partial charge in [0.1, 0.15) is 10.6 Å². The maximum absolute atomic E-state index is 12.5. The Labute approximate surface area is 160 Å². The second-order valence-electron chi connectivity index (χ2n) is 5.18. The fraction of sp³-hybridized carbons (Fsp3) is 0.235. The molecule has 0 fully saturated rings. The zero-order valence-electron chi connectivity index (χ0n) is 13.5. The highest BCUT2D eigenvalue weighted by molar-refractivity contribution is 9.10. The van der Waals surface area contributed by atoms with Crippen molar-refractivity contribution in [1.82, 2.24) is 4.72 Å². The molecule has 0 saturated carbocycles. The second-order valence-corrected chi connectivity index (χ2v) is 8.19. The quantitative estimate of drug-likeness (QED) is 0.699. The van der Waals surface area contributed by atoms with E-state index < -0.39 is 15.9 Å². The van der Waals surface area contributed by atoms with E-state index in [2.05, 4.69) is 20.7 Å². The van der Waals surface area contributed by atoms with E-state index in [1.165, 1.54) is 6.07 Å². The lowest BCUT2D eigenvalue weighted by Crippen LogP contribution is -2.31. The number of aryl methyl sites for hydroxylation is 1. The Morgan fingerprint density at radius 2 is 2.00 bits per heavy atom. The summed E-state index contributed by atoms with van der Waals surface area (Å²) in [4.78, 5) is 12.0. The summed E-state index contributed by atoms with van der Waals surface area (Å²) in [5, 5.41) is 0.570. The van der Waals surface area contributed by atoms with E-state index in [1.807, 2.05) is 6.07 Å². The fourth-order valence-electron chi connectivity index (χ4n) is 2.17. The molecule has 2 rings (SSSR count). The summed E-state index contributed by atoms with van der Waals surface area (Å²) < 4.78 is 33.0. The lowest BCUT2D eigenvalue weighted by molar-refractivity contribution is -0.119. The van der Waals surface area contributed by atoms with Crippen LogP contribution < -0.4 is 9.46 Å². The number of rotatable bonds is 7. The maximum atomic E-state index is 12.5. The lowest BCUT2D eigenvalue weighted by Gasteiger charge is -2.12. The van der Waals surface area contributed by atoms with Gasteiger partial charge in [-0.2, -0.15) is 0 Å². The number of benzene rings is 2. The molecule has 2 aromatic rings. The van der Waals surface area contributed by atoms with Gasteiger partial charge in [-0.15, -0.1) is 0 Å². The van der Waals surface area contributed by atoms with Gasteiger partial charge in [-0.25, -0.2) is 13.1 Å². The maximum Gasteiger partial charge on any atom is 0.267 e. The number of nitrogens with one attached hydrogen (secondary N) is 1. The molecular weight excluding hydrogens is 430 g/mol. The van der Waals surface area contributed by atoms with E-state index in [0.717, 1.165) is 5.56 Å². The molecule has 134 valence electrons. The molecule has 0 bridgehead atoms. The number of hydrogen-bond acceptors (Lipinski definition) is 4. The van der Waals surface area contributed by atoms with Gasteiger partial charge in [-0.3, -0.25) is 4.79 Å². The number of hydrogen-bond donors (Lipinski definition) is 1. The molecule has 0 heterocycles. The van der Waals surface area contributed by atoms with Gasteiger partial charge in [0.25, 0.3) is 10.0 Å². The highest BCUT2D eigenvalue weighted by Crippen LogP contribution is 2.27. The van der Waals surface area contributed by atoms with E-state index >= 15 is 0 Å². The van der Waals surface area contributed by atoms with Gasteiger partial charge in [-0.1, -0.05) is 39.7 Å². The van der Waals surface area contributed by atoms with Crippen LogP contribution in [0.5, 0.6) is 5.75 Å². The molecule has 0 radical (unpaired) electrons. The average Bonchev–Trinajstić information content (AvgIpc) is 2.54. The van der Waals surface area contributed by atoms with E-state index in [4.69, 9.17) is 16.3 Å². The number of ether oxygens (including phenoxy) is 1. The monoisotopic (exact) mass is 445 g/mol. The Hall–Kier alpha value is -1.57. The molecular formula is C17H17BrClNO4S. The van der Waals surface area contributed by atoms with Crippen molar-refractivity contribution in [2.45, 2.75) is 24.7 Å². The summed E-state index contributed by atoms with van der Waals surface area (Å²) in [6.07, 6.45) is 0.413. The minimum atomic E-state index is -4.03. The molecule has 1 N–H and O–H groups in total. The van der Waals surface area contributed by atoms with Crippen molar-refractivity contribution < 1.29 is 17.9 Å². The van der Waals surface area contributed by atoms with Gasteiger partial charge in [0.15, 0.2) is 0 Å². The molecule has 5 nitrogen and oxygen atoms in total. The van der Waals surface area contributed by atoms with Crippen LogP contribution in [-0.4, -0.2) is 20.9 Å². The minimum absolute atomic E-state index is 0.0253. The summed E-state index contributed by atoms with van der Waals surface area (Å²) in [5.41, 5.74) is 0.859. The SMILES string of the molecule is CCOc1ccc(Br)cc1S(=O)(=O)NC(=O)CCc1cccc(Cl)c1. The van der Waals surface area contributed by atoms with Crippen LogP contribution in [0.3, 0.4) is 0 Å². The van der Waals surface area contributed by atoms with E-state index in [0.29, 0.717) is 22.5 Å². The van der Waals surface area contributed by atoms with Crippen LogP contribution in [0.1, 0.15) is 18.9 Å².